The predicted molar refractivity (Wildman–Crippen MR) is 111 cm³/mol. The number of hydrogen-bond donors (Lipinski definition) is 1. The van der Waals surface area contributed by atoms with Gasteiger partial charge in [-0.2, -0.15) is 0 Å². The second-order valence-corrected chi connectivity index (χ2v) is 6.84. The lowest BCUT2D eigenvalue weighted by Crippen LogP contribution is -2.38. The number of oxime groups is 2. The normalized spacial score (nSPS) is 11.3. The van der Waals surface area contributed by atoms with Crippen LogP contribution in [0.3, 0.4) is 0 Å². The maximum Gasteiger partial charge on any atom is 0.169 e. The summed E-state index contributed by atoms with van der Waals surface area (Å²) in [7, 11) is 0. The van der Waals surface area contributed by atoms with Gasteiger partial charge in [-0.25, -0.2) is 9.13 Å². The Kier molecular flexibility index (Phi) is 7.72. The first-order valence-corrected chi connectivity index (χ1v) is 9.67. The molecule has 0 atom stereocenters. The third-order valence-electron chi connectivity index (χ3n) is 4.33. The summed E-state index contributed by atoms with van der Waals surface area (Å²) >= 11 is 6.09. The van der Waals surface area contributed by atoms with Gasteiger partial charge in [0.1, 0.15) is 6.61 Å². The van der Waals surface area contributed by atoms with Gasteiger partial charge in [-0.1, -0.05) is 40.1 Å². The molecule has 0 bridgehead atoms. The molecule has 0 amide bonds. The maximum atomic E-state index is 8.53. The zero-order valence-corrected chi connectivity index (χ0v) is 16.7. The number of aromatic nitrogens is 2. The van der Waals surface area contributed by atoms with Crippen molar-refractivity contribution < 1.29 is 19.2 Å². The largest absolute Gasteiger partial charge is 0.411 e. The molecule has 0 radical (unpaired) electrons. The van der Waals surface area contributed by atoms with Crippen molar-refractivity contribution in [2.24, 2.45) is 10.3 Å². The smallest absolute Gasteiger partial charge is 0.169 e. The fraction of sp³-hybridized carbons (Fsp3) is 0.182. The molecule has 148 valence electrons. The quantitative estimate of drug-likeness (QED) is 0.254. The molecule has 2 aromatic heterocycles. The molecule has 0 aliphatic carbocycles. The van der Waals surface area contributed by atoms with Crippen molar-refractivity contribution in [3.63, 3.8) is 0 Å². The van der Waals surface area contributed by atoms with Crippen LogP contribution < -0.4 is 9.13 Å². The third-order valence-corrected chi connectivity index (χ3v) is 4.70. The van der Waals surface area contributed by atoms with Crippen LogP contribution in [0.4, 0.5) is 0 Å². The van der Waals surface area contributed by atoms with Crippen molar-refractivity contribution in [3.8, 4) is 0 Å². The summed E-state index contributed by atoms with van der Waals surface area (Å²) in [6.07, 6.45) is 12.1. The van der Waals surface area contributed by atoms with Crippen LogP contribution in [0.15, 0.2) is 83.6 Å². The lowest BCUT2D eigenvalue weighted by atomic mass is 10.2. The van der Waals surface area contributed by atoms with Crippen molar-refractivity contribution in [2.45, 2.75) is 26.1 Å². The van der Waals surface area contributed by atoms with Crippen LogP contribution in [0.5, 0.6) is 0 Å². The van der Waals surface area contributed by atoms with Gasteiger partial charge < -0.3 is 10.0 Å². The molecule has 0 aliphatic heterocycles. The summed E-state index contributed by atoms with van der Waals surface area (Å²) < 4.78 is 4.24. The van der Waals surface area contributed by atoms with E-state index in [1.54, 1.807) is 6.21 Å². The SMILES string of the molecule is ON=Cc1cc[n+](CCC[n+]2ccc(/C=N\OCc3ccccc3Cl)cc2)cc1. The van der Waals surface area contributed by atoms with Crippen molar-refractivity contribution in [3.05, 3.63) is 95.0 Å². The Labute approximate surface area is 175 Å². The minimum atomic E-state index is 0.342. The van der Waals surface area contributed by atoms with E-state index in [2.05, 4.69) is 19.4 Å². The van der Waals surface area contributed by atoms with Gasteiger partial charge in [-0.15, -0.1) is 0 Å². The van der Waals surface area contributed by atoms with E-state index in [0.717, 1.165) is 36.2 Å². The molecular formula is C22H23ClN4O2+2. The topological polar surface area (TPSA) is 61.9 Å². The first-order valence-electron chi connectivity index (χ1n) is 9.29. The molecule has 3 aromatic rings. The van der Waals surface area contributed by atoms with Crippen molar-refractivity contribution in [1.29, 1.82) is 0 Å². The monoisotopic (exact) mass is 410 g/mol. The van der Waals surface area contributed by atoms with Crippen LogP contribution in [0.2, 0.25) is 5.02 Å². The van der Waals surface area contributed by atoms with Crippen molar-refractivity contribution >= 4 is 24.0 Å². The highest BCUT2D eigenvalue weighted by Gasteiger charge is 2.05. The Morgan fingerprint density at radius 2 is 1.45 bits per heavy atom. The highest BCUT2D eigenvalue weighted by molar-refractivity contribution is 6.31. The van der Waals surface area contributed by atoms with E-state index in [1.165, 1.54) is 6.21 Å². The highest BCUT2D eigenvalue weighted by atomic mass is 35.5. The van der Waals surface area contributed by atoms with Gasteiger partial charge in [0, 0.05) is 46.0 Å². The lowest BCUT2D eigenvalue weighted by Gasteiger charge is -2.01. The number of benzene rings is 1. The molecule has 0 aliphatic rings. The Morgan fingerprint density at radius 3 is 2.03 bits per heavy atom. The first-order chi connectivity index (χ1) is 14.2. The molecule has 3 rings (SSSR count). The number of rotatable bonds is 9. The Balaban J connectivity index is 1.42. The molecule has 0 spiro atoms. The molecule has 0 unspecified atom stereocenters. The lowest BCUT2D eigenvalue weighted by molar-refractivity contribution is -0.726. The van der Waals surface area contributed by atoms with Gasteiger partial charge in [0.05, 0.1) is 18.9 Å². The first kappa shape index (κ1) is 20.5. The Hall–Kier alpha value is -3.25. The van der Waals surface area contributed by atoms with Crippen LogP contribution in [0, 0.1) is 0 Å². The standard InChI is InChI=1S/C22H22ClN4O2/c23-22-5-2-1-4-21(22)18-29-25-17-20-8-14-27(15-9-20)11-3-10-26-12-6-19(7-13-26)16-24-28/h1-2,4-9,12-17H,3,10-11,18H2/q+1/p+1/b25-17-. The molecule has 1 aromatic carbocycles. The minimum absolute atomic E-state index is 0.342. The van der Waals surface area contributed by atoms with Gasteiger partial charge in [-0.3, -0.25) is 0 Å². The van der Waals surface area contributed by atoms with E-state index in [0.29, 0.717) is 11.6 Å². The summed E-state index contributed by atoms with van der Waals surface area (Å²) in [4.78, 5) is 5.33. The molecule has 2 heterocycles. The zero-order chi connectivity index (χ0) is 20.3. The number of nitrogens with zero attached hydrogens (tertiary/aromatic N) is 4. The summed E-state index contributed by atoms with van der Waals surface area (Å²) in [5, 5.41) is 16.2. The highest BCUT2D eigenvalue weighted by Crippen LogP contribution is 2.15. The summed E-state index contributed by atoms with van der Waals surface area (Å²) in [5.74, 6) is 0. The van der Waals surface area contributed by atoms with E-state index in [9.17, 15) is 0 Å². The van der Waals surface area contributed by atoms with Crippen LogP contribution >= 0.6 is 11.6 Å². The average Bonchev–Trinajstić information content (AvgIpc) is 2.75. The van der Waals surface area contributed by atoms with Crippen LogP contribution in [0.25, 0.3) is 0 Å². The molecular weight excluding hydrogens is 388 g/mol. The zero-order valence-electron chi connectivity index (χ0n) is 15.9. The Bertz CT molecular complexity index is 957. The second-order valence-electron chi connectivity index (χ2n) is 6.44. The van der Waals surface area contributed by atoms with Crippen molar-refractivity contribution in [2.75, 3.05) is 0 Å². The van der Waals surface area contributed by atoms with E-state index in [4.69, 9.17) is 21.6 Å². The molecule has 6 nitrogen and oxygen atoms in total. The fourth-order valence-corrected chi connectivity index (χ4v) is 2.92. The number of halogens is 1. The molecule has 0 fully saturated rings. The number of aryl methyl sites for hydroxylation is 2. The summed E-state index contributed by atoms with van der Waals surface area (Å²) in [6.45, 7) is 2.16. The number of pyridine rings is 2. The second kappa shape index (κ2) is 10.9. The van der Waals surface area contributed by atoms with E-state index in [-0.39, 0.29) is 0 Å². The van der Waals surface area contributed by atoms with Crippen LogP contribution in [-0.2, 0) is 24.5 Å². The van der Waals surface area contributed by atoms with Gasteiger partial charge in [0.2, 0.25) is 0 Å². The van der Waals surface area contributed by atoms with Gasteiger partial charge in [-0.05, 0) is 6.07 Å². The maximum absolute atomic E-state index is 8.53. The van der Waals surface area contributed by atoms with E-state index >= 15 is 0 Å². The minimum Gasteiger partial charge on any atom is -0.411 e. The van der Waals surface area contributed by atoms with E-state index < -0.39 is 0 Å². The molecule has 1 N–H and O–H groups in total. The predicted octanol–water partition coefficient (Wildman–Crippen LogP) is 3.36. The summed E-state index contributed by atoms with van der Waals surface area (Å²) in [6, 6.07) is 15.4. The van der Waals surface area contributed by atoms with Gasteiger partial charge in [0.15, 0.2) is 37.9 Å². The van der Waals surface area contributed by atoms with Gasteiger partial charge in [0.25, 0.3) is 0 Å². The van der Waals surface area contributed by atoms with Crippen LogP contribution in [-0.4, -0.2) is 17.6 Å². The van der Waals surface area contributed by atoms with Crippen molar-refractivity contribution in [1.82, 2.24) is 0 Å². The van der Waals surface area contributed by atoms with Gasteiger partial charge >= 0.3 is 0 Å². The molecule has 0 saturated carbocycles. The van der Waals surface area contributed by atoms with Crippen LogP contribution in [0.1, 0.15) is 23.1 Å². The average molecular weight is 411 g/mol. The Morgan fingerprint density at radius 1 is 0.862 bits per heavy atom. The number of hydrogen-bond acceptors (Lipinski definition) is 4. The third kappa shape index (κ3) is 6.69. The molecule has 7 heteroatoms. The van der Waals surface area contributed by atoms with E-state index in [1.807, 2.05) is 73.3 Å². The fourth-order valence-electron chi connectivity index (χ4n) is 2.73. The summed E-state index contributed by atoms with van der Waals surface area (Å²) in [5.41, 5.74) is 2.74. The molecule has 0 saturated heterocycles. The molecule has 29 heavy (non-hydrogen) atoms.